The van der Waals surface area contributed by atoms with E-state index in [9.17, 15) is 26.3 Å². The number of rotatable bonds is 6. The molecule has 60 heavy (non-hydrogen) atoms. The summed E-state index contributed by atoms with van der Waals surface area (Å²) in [4.78, 5) is 0. The van der Waals surface area contributed by atoms with Crippen LogP contribution in [-0.4, -0.2) is 0 Å². The Hall–Kier alpha value is -2.81. The van der Waals surface area contributed by atoms with Gasteiger partial charge < -0.3 is 6.92 Å². The van der Waals surface area contributed by atoms with Crippen molar-refractivity contribution in [1.29, 1.82) is 0 Å². The summed E-state index contributed by atoms with van der Waals surface area (Å²) in [5.41, 5.74) is 6.39. The van der Waals surface area contributed by atoms with Crippen molar-refractivity contribution in [3.8, 4) is 0 Å². The molecule has 0 atom stereocenters. The monoisotopic (exact) mass is 851 g/mol. The predicted molar refractivity (Wildman–Crippen MR) is 232 cm³/mol. The number of hydrogen-bond donors (Lipinski definition) is 0. The van der Waals surface area contributed by atoms with Crippen LogP contribution in [0, 0.1) is 100 Å². The fraction of sp³-hybridized carbons (Fsp3) is 0.396. The summed E-state index contributed by atoms with van der Waals surface area (Å²) in [7, 11) is 0. The van der Waals surface area contributed by atoms with E-state index in [0.717, 1.165) is 52.8 Å². The minimum absolute atomic E-state index is 0. The first-order valence-electron chi connectivity index (χ1n) is 21.1. The van der Waals surface area contributed by atoms with Crippen molar-refractivity contribution in [2.75, 3.05) is 0 Å². The standard InChI is InChI=1S/C22H20F2.C15H20F2.C8H7F2.C8H15.K/c1-15-3-7-17(8-4-15)13-19-11-12-20(22(24)21(19)23)14-18-9-5-16(2)6-10-18;1-10-3-6-12(7-4-10)9-13-8-5-11(2)14(16)15(13)17;1-5-3-4-6(2)8(10)7(5)9;1-7-3-5-8(2)6-4-7;/h3-12H,13-14H2,1-2H3;5,8,10,12H,3-4,6-7,9H2,1-2H3;3-4H,1H2,2H3;7-8H,1,3-6H2,2H3;/q;;2*-1;+1. The number of halogens is 6. The largest absolute Gasteiger partial charge is 1.00 e. The quantitative estimate of drug-likeness (QED) is 0.0907. The summed E-state index contributed by atoms with van der Waals surface area (Å²) in [6, 6.07) is 25.5. The maximum absolute atomic E-state index is 14.4. The van der Waals surface area contributed by atoms with Gasteiger partial charge in [0, 0.05) is 12.8 Å². The molecule has 2 aliphatic carbocycles. The molecule has 0 nitrogen and oxygen atoms in total. The van der Waals surface area contributed by atoms with Crippen LogP contribution in [-0.2, 0) is 19.3 Å². The van der Waals surface area contributed by atoms with Crippen LogP contribution in [0.2, 0.25) is 0 Å². The van der Waals surface area contributed by atoms with Gasteiger partial charge in [-0.05, 0) is 104 Å². The molecule has 0 saturated heterocycles. The smallest absolute Gasteiger partial charge is 0.340 e. The van der Waals surface area contributed by atoms with Gasteiger partial charge in [-0.15, -0.1) is 6.07 Å². The Morgan fingerprint density at radius 3 is 1.23 bits per heavy atom. The van der Waals surface area contributed by atoms with E-state index >= 15 is 0 Å². The molecule has 0 amide bonds. The summed E-state index contributed by atoms with van der Waals surface area (Å²) in [6.45, 7) is 19.1. The molecule has 0 N–H and O–H groups in total. The Morgan fingerprint density at radius 1 is 0.450 bits per heavy atom. The third kappa shape index (κ3) is 16.1. The molecule has 0 heterocycles. The SMILES string of the molecule is Cc1ccc(CC2CCC(C)CC2)c(F)c1F.Cc1ccc(Cc2ccc(Cc3ccc(C)cc3)c(F)c2F)cc1.[CH2-]C1CCC(C)CC1.[CH2-]c1ccc(C)c(F)c1F.[K+]. The fourth-order valence-electron chi connectivity index (χ4n) is 7.46. The van der Waals surface area contributed by atoms with E-state index in [4.69, 9.17) is 0 Å². The van der Waals surface area contributed by atoms with E-state index in [1.165, 1.54) is 57.6 Å². The summed E-state index contributed by atoms with van der Waals surface area (Å²) in [5.74, 6) is -1.35. The van der Waals surface area contributed by atoms with Crippen molar-refractivity contribution in [3.05, 3.63) is 189 Å². The van der Waals surface area contributed by atoms with E-state index < -0.39 is 34.9 Å². The zero-order chi connectivity index (χ0) is 43.2. The molecule has 0 unspecified atom stereocenters. The predicted octanol–water partition coefficient (Wildman–Crippen LogP) is 12.5. The molecule has 0 aromatic heterocycles. The summed E-state index contributed by atoms with van der Waals surface area (Å²) in [6.07, 6.45) is 11.8. The maximum atomic E-state index is 14.4. The minimum Gasteiger partial charge on any atom is -0.340 e. The third-order valence-electron chi connectivity index (χ3n) is 11.8. The first-order chi connectivity index (χ1) is 28.0. The van der Waals surface area contributed by atoms with Crippen LogP contribution in [0.15, 0.2) is 84.9 Å². The van der Waals surface area contributed by atoms with E-state index in [1.54, 1.807) is 31.2 Å². The van der Waals surface area contributed by atoms with Crippen molar-refractivity contribution < 1.29 is 77.7 Å². The van der Waals surface area contributed by atoms with Crippen molar-refractivity contribution in [1.82, 2.24) is 0 Å². The van der Waals surface area contributed by atoms with Gasteiger partial charge in [-0.3, -0.25) is 4.39 Å². The molecule has 2 saturated carbocycles. The number of benzene rings is 5. The van der Waals surface area contributed by atoms with Gasteiger partial charge in [-0.1, -0.05) is 136 Å². The normalized spacial score (nSPS) is 18.4. The second-order valence-corrected chi connectivity index (χ2v) is 17.1. The number of aryl methyl sites for hydroxylation is 4. The van der Waals surface area contributed by atoms with Gasteiger partial charge in [0.05, 0.1) is 5.82 Å². The van der Waals surface area contributed by atoms with Gasteiger partial charge in [0.2, 0.25) is 0 Å². The molecule has 2 aliphatic rings. The van der Waals surface area contributed by atoms with Crippen molar-refractivity contribution >= 4 is 0 Å². The van der Waals surface area contributed by atoms with Gasteiger partial charge in [0.25, 0.3) is 0 Å². The van der Waals surface area contributed by atoms with Crippen LogP contribution >= 0.6 is 0 Å². The summed E-state index contributed by atoms with van der Waals surface area (Å²) >= 11 is 0. The Labute approximate surface area is 399 Å². The van der Waals surface area contributed by atoms with Crippen LogP contribution < -0.4 is 51.4 Å². The second kappa shape index (κ2) is 25.3. The molecular formula is C53H62F6K-. The topological polar surface area (TPSA) is 0 Å². The average Bonchev–Trinajstić information content (AvgIpc) is 3.23. The Balaban J connectivity index is 0.000000232. The molecule has 0 aliphatic heterocycles. The molecule has 7 heteroatoms. The second-order valence-electron chi connectivity index (χ2n) is 17.1. The molecule has 5 aromatic rings. The zero-order valence-electron chi connectivity index (χ0n) is 36.9. The van der Waals surface area contributed by atoms with Gasteiger partial charge in [-0.25, -0.2) is 22.0 Å². The zero-order valence-corrected chi connectivity index (χ0v) is 40.0. The Bertz CT molecular complexity index is 1950. The van der Waals surface area contributed by atoms with Gasteiger partial charge in [0.1, 0.15) is 5.82 Å². The van der Waals surface area contributed by atoms with Crippen LogP contribution in [0.4, 0.5) is 26.3 Å². The molecule has 0 bridgehead atoms. The average molecular weight is 852 g/mol. The van der Waals surface area contributed by atoms with Crippen LogP contribution in [0.25, 0.3) is 0 Å². The fourth-order valence-corrected chi connectivity index (χ4v) is 7.46. The first-order valence-corrected chi connectivity index (χ1v) is 21.1. The van der Waals surface area contributed by atoms with E-state index in [0.29, 0.717) is 53.0 Å². The maximum Gasteiger partial charge on any atom is 1.00 e. The molecule has 0 spiro atoms. The van der Waals surface area contributed by atoms with Crippen molar-refractivity contribution in [2.24, 2.45) is 23.7 Å². The van der Waals surface area contributed by atoms with Crippen LogP contribution in [0.3, 0.4) is 0 Å². The van der Waals surface area contributed by atoms with Crippen LogP contribution in [0.1, 0.15) is 121 Å². The van der Waals surface area contributed by atoms with Crippen LogP contribution in [0.5, 0.6) is 0 Å². The minimum atomic E-state index is -0.847. The Morgan fingerprint density at radius 2 is 0.817 bits per heavy atom. The molecule has 7 rings (SSSR count). The molecular weight excluding hydrogens is 790 g/mol. The van der Waals surface area contributed by atoms with Crippen molar-refractivity contribution in [2.45, 2.75) is 112 Å². The molecule has 2 fully saturated rings. The molecule has 5 aromatic carbocycles. The summed E-state index contributed by atoms with van der Waals surface area (Å²) < 4.78 is 81.1. The molecule has 318 valence electrons. The van der Waals surface area contributed by atoms with E-state index in [2.05, 4.69) is 27.7 Å². The van der Waals surface area contributed by atoms with Gasteiger partial charge in [0.15, 0.2) is 23.3 Å². The summed E-state index contributed by atoms with van der Waals surface area (Å²) in [5, 5.41) is 0. The third-order valence-corrected chi connectivity index (χ3v) is 11.8. The van der Waals surface area contributed by atoms with E-state index in [-0.39, 0.29) is 56.9 Å². The van der Waals surface area contributed by atoms with E-state index in [1.807, 2.05) is 62.4 Å². The Kier molecular flexibility index (Phi) is 21.8. The van der Waals surface area contributed by atoms with Crippen molar-refractivity contribution in [3.63, 3.8) is 0 Å². The first kappa shape index (κ1) is 51.5. The van der Waals surface area contributed by atoms with Gasteiger partial charge in [-0.2, -0.15) is 24.5 Å². The molecule has 0 radical (unpaired) electrons. The van der Waals surface area contributed by atoms with Gasteiger partial charge >= 0.3 is 51.4 Å². The number of hydrogen-bond acceptors (Lipinski definition) is 0.